The van der Waals surface area contributed by atoms with Crippen LogP contribution in [0.15, 0.2) is 187 Å². The normalized spacial score (nSPS) is 9.78. The highest BCUT2D eigenvalue weighted by Crippen LogP contribution is 2.39. The minimum Gasteiger partial charge on any atom is -0.152 e. The minimum atomic E-state index is 1.33. The molecule has 0 amide bonds. The molecular weight excluding hydrogens is 641 g/mol. The van der Waals surface area contributed by atoms with E-state index in [0.29, 0.717) is 0 Å². The van der Waals surface area contributed by atoms with E-state index in [-0.39, 0.29) is 0 Å². The molecule has 222 valence electrons. The maximum atomic E-state index is 2.25. The Morgan fingerprint density at radius 1 is 0.222 bits per heavy atom. The summed E-state index contributed by atoms with van der Waals surface area (Å²) in [6, 6.07) is 46.6. The first-order valence-corrected chi connectivity index (χ1v) is 19.0. The molecule has 0 fully saturated rings. The third-order valence-corrected chi connectivity index (χ3v) is 9.66. The zero-order valence-electron chi connectivity index (χ0n) is 24.5. The summed E-state index contributed by atoms with van der Waals surface area (Å²) in [6.07, 6.45) is 0. The fourth-order valence-electron chi connectivity index (χ4n) is 4.71. The first kappa shape index (κ1) is 32.3. The molecule has 0 aliphatic heterocycles. The van der Waals surface area contributed by atoms with Crippen LogP contribution in [0.4, 0.5) is 0 Å². The molecule has 10 aromatic rings. The molecule has 0 aliphatic rings. The van der Waals surface area contributed by atoms with Gasteiger partial charge in [0, 0.05) is 0 Å². The first-order chi connectivity index (χ1) is 22.4. The van der Waals surface area contributed by atoms with Crippen molar-refractivity contribution in [2.75, 3.05) is 0 Å². The lowest BCUT2D eigenvalue weighted by Crippen LogP contribution is -1.85. The molecule has 5 aromatic carbocycles. The van der Waals surface area contributed by atoms with Crippen molar-refractivity contribution in [1.82, 2.24) is 0 Å². The molecule has 10 rings (SSSR count). The first-order valence-electron chi connectivity index (χ1n) is 14.3. The molecule has 0 atom stereocenters. The van der Waals surface area contributed by atoms with Gasteiger partial charge in [-0.25, -0.2) is 0 Å². The molecule has 0 radical (unpaired) electrons. The number of rotatable bonds is 0. The van der Waals surface area contributed by atoms with Crippen molar-refractivity contribution in [3.05, 3.63) is 187 Å². The van der Waals surface area contributed by atoms with Crippen molar-refractivity contribution in [2.45, 2.75) is 0 Å². The van der Waals surface area contributed by atoms with Gasteiger partial charge in [-0.2, -0.15) is 56.7 Å². The summed E-state index contributed by atoms with van der Waals surface area (Å²) in [5, 5.41) is 31.3. The maximum absolute atomic E-state index is 2.25. The molecule has 5 aromatic heterocycles. The Bertz CT molecular complexity index is 1680. The molecular formula is C40H32S5. The average molecular weight is 673 g/mol. The second-order valence-corrected chi connectivity index (χ2v) is 13.5. The summed E-state index contributed by atoms with van der Waals surface area (Å²) < 4.78 is 0. The lowest BCUT2D eigenvalue weighted by Gasteiger charge is -2.13. The molecule has 0 spiro atoms. The van der Waals surface area contributed by atoms with Gasteiger partial charge in [0.1, 0.15) is 0 Å². The fraction of sp³-hybridized carbons (Fsp3) is 0. The highest BCUT2D eigenvalue weighted by Gasteiger charge is 2.11. The monoisotopic (exact) mass is 672 g/mol. The van der Waals surface area contributed by atoms with E-state index in [4.69, 9.17) is 0 Å². The Balaban J connectivity index is 0.000000129. The molecule has 0 saturated carbocycles. The van der Waals surface area contributed by atoms with Crippen molar-refractivity contribution in [1.29, 1.82) is 0 Å². The Hall–Kier alpha value is -4.10. The lowest BCUT2D eigenvalue weighted by molar-refractivity contribution is 1.78. The van der Waals surface area contributed by atoms with Crippen LogP contribution in [0.1, 0.15) is 0 Å². The number of benzene rings is 5. The van der Waals surface area contributed by atoms with E-state index in [1.54, 1.807) is 56.7 Å². The van der Waals surface area contributed by atoms with Crippen molar-refractivity contribution >= 4 is 99.8 Å². The van der Waals surface area contributed by atoms with Crippen molar-refractivity contribution < 1.29 is 0 Å². The van der Waals surface area contributed by atoms with Gasteiger partial charge in [0.2, 0.25) is 0 Å². The van der Waals surface area contributed by atoms with Gasteiger partial charge < -0.3 is 0 Å². The summed E-state index contributed by atoms with van der Waals surface area (Å²) in [6.45, 7) is 0. The number of hydrogen-bond acceptors (Lipinski definition) is 5. The van der Waals surface area contributed by atoms with Gasteiger partial charge in [-0.05, 0) is 96.9 Å². The number of thiophene rings is 5. The van der Waals surface area contributed by atoms with Crippen LogP contribution in [0.5, 0.6) is 0 Å². The summed E-state index contributed by atoms with van der Waals surface area (Å²) >= 11 is 8.56. The third kappa shape index (κ3) is 9.69. The molecule has 0 unspecified atom stereocenters. The standard InChI is InChI=1S/C20H12.5C4H4S/c1-5-13-6-2-11-17-18-12-4-8-14-7-3-10-16(20(14)18)15(9-1)19(13)17;5*1-2-4-5-3-1/h1-12H;5*1-4H. The van der Waals surface area contributed by atoms with Gasteiger partial charge in [-0.1, -0.05) is 133 Å². The van der Waals surface area contributed by atoms with Crippen LogP contribution in [0.25, 0.3) is 43.1 Å². The minimum absolute atomic E-state index is 1.33. The van der Waals surface area contributed by atoms with Crippen LogP contribution >= 0.6 is 56.7 Å². The van der Waals surface area contributed by atoms with Crippen LogP contribution in [0.2, 0.25) is 0 Å². The highest BCUT2D eigenvalue weighted by molar-refractivity contribution is 7.08. The van der Waals surface area contributed by atoms with E-state index >= 15 is 0 Å². The SMILES string of the molecule is c1cc2cccc3c4cccc5cccc(c(c1)c23)c54.c1ccsc1.c1ccsc1.c1ccsc1.c1ccsc1.c1ccsc1. The fourth-order valence-corrected chi connectivity index (χ4v) is 6.98. The topological polar surface area (TPSA) is 0 Å². The number of hydrogen-bond donors (Lipinski definition) is 0. The molecule has 0 bridgehead atoms. The highest BCUT2D eigenvalue weighted by atomic mass is 32.1. The second-order valence-electron chi connectivity index (χ2n) is 9.38. The van der Waals surface area contributed by atoms with Crippen molar-refractivity contribution in [3.63, 3.8) is 0 Å². The molecule has 5 heterocycles. The van der Waals surface area contributed by atoms with Crippen molar-refractivity contribution in [3.8, 4) is 0 Å². The van der Waals surface area contributed by atoms with Crippen LogP contribution in [0, 0.1) is 0 Å². The van der Waals surface area contributed by atoms with E-state index in [9.17, 15) is 0 Å². The van der Waals surface area contributed by atoms with Crippen molar-refractivity contribution in [2.24, 2.45) is 0 Å². The predicted molar refractivity (Wildman–Crippen MR) is 209 cm³/mol. The largest absolute Gasteiger partial charge is 0.152 e. The lowest BCUT2D eigenvalue weighted by atomic mass is 9.90. The summed E-state index contributed by atoms with van der Waals surface area (Å²) in [5.41, 5.74) is 0. The molecule has 0 nitrogen and oxygen atoms in total. The Kier molecular flexibility index (Phi) is 13.4. The Morgan fingerprint density at radius 2 is 0.422 bits per heavy atom. The van der Waals surface area contributed by atoms with E-state index in [2.05, 4.69) is 72.8 Å². The van der Waals surface area contributed by atoms with Gasteiger partial charge in [-0.15, -0.1) is 0 Å². The third-order valence-electron chi connectivity index (χ3n) is 6.52. The van der Waals surface area contributed by atoms with E-state index in [1.807, 2.05) is 114 Å². The summed E-state index contributed by atoms with van der Waals surface area (Å²) in [5.74, 6) is 0. The van der Waals surface area contributed by atoms with Crippen LogP contribution in [0.3, 0.4) is 0 Å². The van der Waals surface area contributed by atoms with Gasteiger partial charge >= 0.3 is 0 Å². The van der Waals surface area contributed by atoms with Gasteiger partial charge in [0.05, 0.1) is 0 Å². The summed E-state index contributed by atoms with van der Waals surface area (Å²) in [4.78, 5) is 0. The van der Waals surface area contributed by atoms with Crippen LogP contribution in [-0.4, -0.2) is 0 Å². The number of fused-ring (bicyclic) bond motifs is 2. The average Bonchev–Trinajstić information content (AvgIpc) is 3.97. The van der Waals surface area contributed by atoms with E-state index < -0.39 is 0 Å². The maximum Gasteiger partial charge on any atom is -0.00264 e. The quantitative estimate of drug-likeness (QED) is 0.111. The summed E-state index contributed by atoms with van der Waals surface area (Å²) in [7, 11) is 0. The zero-order chi connectivity index (χ0) is 30.8. The van der Waals surface area contributed by atoms with Gasteiger partial charge in [0.15, 0.2) is 0 Å². The molecule has 0 saturated heterocycles. The molecule has 45 heavy (non-hydrogen) atoms. The van der Waals surface area contributed by atoms with Crippen LogP contribution in [-0.2, 0) is 0 Å². The van der Waals surface area contributed by atoms with E-state index in [1.165, 1.54) is 43.1 Å². The Labute approximate surface area is 285 Å². The van der Waals surface area contributed by atoms with E-state index in [0.717, 1.165) is 0 Å². The smallest absolute Gasteiger partial charge is 0.00264 e. The molecule has 0 N–H and O–H groups in total. The molecule has 5 heteroatoms. The van der Waals surface area contributed by atoms with Gasteiger partial charge in [-0.3, -0.25) is 0 Å². The molecule has 0 aliphatic carbocycles. The van der Waals surface area contributed by atoms with Crippen LogP contribution < -0.4 is 0 Å². The Morgan fingerprint density at radius 3 is 0.578 bits per heavy atom. The second kappa shape index (κ2) is 18.6. The zero-order valence-corrected chi connectivity index (χ0v) is 28.6. The predicted octanol–water partition coefficient (Wildman–Crippen LogP) is 14.5. The van der Waals surface area contributed by atoms with Gasteiger partial charge in [0.25, 0.3) is 0 Å².